The van der Waals surface area contributed by atoms with Crippen LogP contribution in [0.1, 0.15) is 25.0 Å². The summed E-state index contributed by atoms with van der Waals surface area (Å²) in [5.41, 5.74) is 1.65. The highest BCUT2D eigenvalue weighted by Gasteiger charge is 2.45. The molecule has 4 rings (SSSR count). The Bertz CT molecular complexity index is 1510. The number of halogens is 2. The van der Waals surface area contributed by atoms with E-state index in [1.807, 2.05) is 38.1 Å². The van der Waals surface area contributed by atoms with Crippen molar-refractivity contribution < 1.29 is 43.8 Å². The number of fused-ring (bicyclic) bond motifs is 1. The molecule has 0 bridgehead atoms. The van der Waals surface area contributed by atoms with E-state index in [0.717, 1.165) is 5.69 Å². The van der Waals surface area contributed by atoms with Gasteiger partial charge in [-0.2, -0.15) is 0 Å². The van der Waals surface area contributed by atoms with Gasteiger partial charge in [-0.3, -0.25) is 4.79 Å². The molecule has 1 unspecified atom stereocenters. The number of aliphatic hydroxyl groups is 4. The Morgan fingerprint density at radius 3 is 2.35 bits per heavy atom. The van der Waals surface area contributed by atoms with Crippen LogP contribution >= 0.6 is 23.2 Å². The molecule has 0 amide bonds. The molecule has 14 heteroatoms. The second-order valence-electron chi connectivity index (χ2n) is 10.6. The minimum Gasteiger partial charge on any atom is -0.461 e. The number of nitrogens with zero attached hydrogens (tertiary/aromatic N) is 1. The molecule has 0 saturated carbocycles. The fourth-order valence-electron chi connectivity index (χ4n) is 4.72. The summed E-state index contributed by atoms with van der Waals surface area (Å²) in [5, 5.41) is 45.3. The zero-order chi connectivity index (χ0) is 31.6. The minimum absolute atomic E-state index is 0.0524. The summed E-state index contributed by atoms with van der Waals surface area (Å²) in [4.78, 5) is 25.7. The first kappa shape index (κ1) is 32.8. The van der Waals surface area contributed by atoms with Crippen LogP contribution in [0.4, 0.5) is 11.4 Å². The third-order valence-corrected chi connectivity index (χ3v) is 7.68. The summed E-state index contributed by atoms with van der Waals surface area (Å²) in [5.74, 6) is -0.485. The van der Waals surface area contributed by atoms with E-state index in [1.165, 1.54) is 19.1 Å². The fraction of sp³-hybridized carbons (Fsp3) is 0.448. The number of nitrogens with one attached hydrogen (secondary N) is 1. The number of benzene rings is 2. The van der Waals surface area contributed by atoms with Crippen molar-refractivity contribution in [1.29, 1.82) is 0 Å². The van der Waals surface area contributed by atoms with Crippen LogP contribution in [0.25, 0.3) is 11.0 Å². The quantitative estimate of drug-likeness (QED) is 0.162. The van der Waals surface area contributed by atoms with Gasteiger partial charge in [-0.1, -0.05) is 23.2 Å². The Morgan fingerprint density at radius 2 is 1.74 bits per heavy atom. The number of esters is 1. The van der Waals surface area contributed by atoms with Crippen LogP contribution in [0.3, 0.4) is 0 Å². The second-order valence-corrected chi connectivity index (χ2v) is 11.4. The Hall–Kier alpha value is -3.10. The molecule has 3 aromatic rings. The third-order valence-electron chi connectivity index (χ3n) is 7.01. The summed E-state index contributed by atoms with van der Waals surface area (Å²) < 4.78 is 22.0. The number of hydrogen-bond donors (Lipinski definition) is 5. The number of anilines is 2. The van der Waals surface area contributed by atoms with E-state index < -0.39 is 48.9 Å². The summed E-state index contributed by atoms with van der Waals surface area (Å²) in [7, 11) is 3.75. The monoisotopic (exact) mass is 640 g/mol. The molecule has 2 aromatic carbocycles. The first-order valence-corrected chi connectivity index (χ1v) is 14.2. The average molecular weight is 642 g/mol. The molecule has 0 radical (unpaired) electrons. The molecule has 1 aliphatic rings. The fourth-order valence-corrected chi connectivity index (χ4v) is 5.35. The van der Waals surface area contributed by atoms with Gasteiger partial charge in [-0.05, 0) is 37.1 Å². The SMILES string of the molecule is CC(=O)OCc1cc(=O)oc2cc(O[C@@H]3O[C@H](CO)[C@H](O)[C@H](O)[C@H]3O)c(NC(C)Cc3c(Cl)cc(N(C)C)cc3Cl)cc12. The summed E-state index contributed by atoms with van der Waals surface area (Å²) in [6, 6.07) is 7.51. The van der Waals surface area contributed by atoms with Crippen LogP contribution in [0.15, 0.2) is 39.5 Å². The number of carbonyl (C=O) groups excluding carboxylic acids is 1. The molecule has 1 aliphatic heterocycles. The minimum atomic E-state index is -1.69. The number of rotatable bonds is 10. The third kappa shape index (κ3) is 7.52. The molecule has 43 heavy (non-hydrogen) atoms. The maximum absolute atomic E-state index is 12.3. The van der Waals surface area contributed by atoms with E-state index in [9.17, 15) is 30.0 Å². The van der Waals surface area contributed by atoms with Gasteiger partial charge < -0.3 is 49.3 Å². The van der Waals surface area contributed by atoms with Gasteiger partial charge in [0, 0.05) is 65.9 Å². The van der Waals surface area contributed by atoms with Crippen molar-refractivity contribution in [1.82, 2.24) is 0 Å². The molecule has 0 spiro atoms. The van der Waals surface area contributed by atoms with Crippen molar-refractivity contribution in [3.8, 4) is 5.75 Å². The van der Waals surface area contributed by atoms with Gasteiger partial charge in [0.25, 0.3) is 0 Å². The van der Waals surface area contributed by atoms with Gasteiger partial charge >= 0.3 is 11.6 Å². The molecule has 1 aromatic heterocycles. The highest BCUT2D eigenvalue weighted by atomic mass is 35.5. The average Bonchev–Trinajstić information content (AvgIpc) is 2.94. The van der Waals surface area contributed by atoms with E-state index in [0.29, 0.717) is 38.7 Å². The second kappa shape index (κ2) is 13.7. The maximum Gasteiger partial charge on any atom is 0.336 e. The smallest absolute Gasteiger partial charge is 0.336 e. The molecular weight excluding hydrogens is 607 g/mol. The van der Waals surface area contributed by atoms with Crippen LogP contribution in [-0.4, -0.2) is 83.8 Å². The zero-order valence-electron chi connectivity index (χ0n) is 23.9. The topological polar surface area (TPSA) is 171 Å². The van der Waals surface area contributed by atoms with E-state index in [2.05, 4.69) is 5.32 Å². The molecular formula is C29H34Cl2N2O10. The van der Waals surface area contributed by atoms with Crippen LogP contribution in [0, 0.1) is 0 Å². The van der Waals surface area contributed by atoms with Gasteiger partial charge in [0.2, 0.25) is 6.29 Å². The van der Waals surface area contributed by atoms with Gasteiger partial charge in [0.15, 0.2) is 0 Å². The highest BCUT2D eigenvalue weighted by molar-refractivity contribution is 6.36. The number of hydrogen-bond acceptors (Lipinski definition) is 12. The Kier molecular flexibility index (Phi) is 10.4. The van der Waals surface area contributed by atoms with Crippen LogP contribution < -0.4 is 20.6 Å². The van der Waals surface area contributed by atoms with Crippen molar-refractivity contribution >= 4 is 51.5 Å². The first-order valence-electron chi connectivity index (χ1n) is 13.4. The van der Waals surface area contributed by atoms with Crippen LogP contribution in [0.2, 0.25) is 10.0 Å². The van der Waals surface area contributed by atoms with Gasteiger partial charge in [-0.25, -0.2) is 4.79 Å². The van der Waals surface area contributed by atoms with Crippen LogP contribution in [0.5, 0.6) is 5.75 Å². The lowest BCUT2D eigenvalue weighted by atomic mass is 9.99. The number of carbonyl (C=O) groups is 1. The Balaban J connectivity index is 1.73. The van der Waals surface area contributed by atoms with Gasteiger partial charge in [-0.15, -0.1) is 0 Å². The Morgan fingerprint density at radius 1 is 1.07 bits per heavy atom. The summed E-state index contributed by atoms with van der Waals surface area (Å²) in [6.07, 6.45) is -7.27. The molecule has 1 fully saturated rings. The lowest BCUT2D eigenvalue weighted by Crippen LogP contribution is -2.60. The first-order chi connectivity index (χ1) is 20.3. The summed E-state index contributed by atoms with van der Waals surface area (Å²) >= 11 is 13.1. The van der Waals surface area contributed by atoms with Crippen molar-refractivity contribution in [3.05, 3.63) is 61.9 Å². The van der Waals surface area contributed by atoms with E-state index in [4.69, 9.17) is 41.8 Å². The molecule has 234 valence electrons. The predicted molar refractivity (Wildman–Crippen MR) is 160 cm³/mol. The standard InChI is InChI=1S/C29H34Cl2N2O10/c1-13(5-18-19(30)7-16(33(3)4)8-20(18)31)32-21-9-17-15(12-40-14(2)35)6-25(36)41-22(17)10-23(21)42-29-28(39)27(38)26(37)24(11-34)43-29/h6-10,13,24,26-29,32,34,37-39H,5,11-12H2,1-4H3/t13?,24-,26+,27+,28-,29-/m1/s1. The molecule has 2 heterocycles. The number of ether oxygens (including phenoxy) is 3. The lowest BCUT2D eigenvalue weighted by Gasteiger charge is -2.39. The van der Waals surface area contributed by atoms with E-state index in [-0.39, 0.29) is 24.0 Å². The van der Waals surface area contributed by atoms with Crippen molar-refractivity contribution in [2.45, 2.75) is 63.6 Å². The van der Waals surface area contributed by atoms with E-state index in [1.54, 1.807) is 6.07 Å². The van der Waals surface area contributed by atoms with Crippen molar-refractivity contribution in [2.75, 3.05) is 30.9 Å². The lowest BCUT2D eigenvalue weighted by molar-refractivity contribution is -0.277. The highest BCUT2D eigenvalue weighted by Crippen LogP contribution is 2.36. The van der Waals surface area contributed by atoms with Crippen LogP contribution in [-0.2, 0) is 27.3 Å². The van der Waals surface area contributed by atoms with E-state index >= 15 is 0 Å². The zero-order valence-corrected chi connectivity index (χ0v) is 25.4. The summed E-state index contributed by atoms with van der Waals surface area (Å²) in [6.45, 7) is 2.28. The molecule has 6 atom stereocenters. The van der Waals surface area contributed by atoms with Crippen molar-refractivity contribution in [2.24, 2.45) is 0 Å². The predicted octanol–water partition coefficient (Wildman–Crippen LogP) is 2.45. The molecule has 12 nitrogen and oxygen atoms in total. The molecule has 0 aliphatic carbocycles. The van der Waals surface area contributed by atoms with Gasteiger partial charge in [0.1, 0.15) is 42.4 Å². The normalized spacial score (nSPS) is 22.7. The molecule has 1 saturated heterocycles. The Labute approximate surface area is 257 Å². The maximum atomic E-state index is 12.3. The van der Waals surface area contributed by atoms with Crippen molar-refractivity contribution in [3.63, 3.8) is 0 Å². The van der Waals surface area contributed by atoms with Gasteiger partial charge in [0.05, 0.1) is 12.3 Å². The number of aliphatic hydroxyl groups excluding tert-OH is 4. The largest absolute Gasteiger partial charge is 0.461 e. The molecule has 5 N–H and O–H groups in total.